The minimum absolute atomic E-state index is 0.501. The number of H-pyrrole nitrogens is 1. The first-order valence-electron chi connectivity index (χ1n) is 8.43. The Bertz CT molecular complexity index is 1250. The Morgan fingerprint density at radius 3 is 2.96 bits per heavy atom. The molecule has 0 aliphatic carbocycles. The van der Waals surface area contributed by atoms with Gasteiger partial charge < -0.3 is 5.32 Å². The molecular formula is C18H15N9. The first-order valence-corrected chi connectivity index (χ1v) is 8.43. The van der Waals surface area contributed by atoms with Gasteiger partial charge in [-0.25, -0.2) is 14.6 Å². The summed E-state index contributed by atoms with van der Waals surface area (Å²) in [6.45, 7) is 2.48. The molecule has 0 aliphatic heterocycles. The number of aryl methyl sites for hydroxylation is 1. The van der Waals surface area contributed by atoms with E-state index < -0.39 is 0 Å². The average molecular weight is 357 g/mol. The van der Waals surface area contributed by atoms with E-state index in [9.17, 15) is 0 Å². The van der Waals surface area contributed by atoms with Crippen LogP contribution in [0.15, 0.2) is 48.8 Å². The van der Waals surface area contributed by atoms with Gasteiger partial charge in [0.2, 0.25) is 5.65 Å². The molecule has 27 heavy (non-hydrogen) atoms. The number of anilines is 2. The van der Waals surface area contributed by atoms with E-state index >= 15 is 0 Å². The lowest BCUT2D eigenvalue weighted by Gasteiger charge is -2.05. The van der Waals surface area contributed by atoms with E-state index in [1.165, 1.54) is 0 Å². The summed E-state index contributed by atoms with van der Waals surface area (Å²) in [6.07, 6.45) is 3.41. The van der Waals surface area contributed by atoms with Crippen molar-refractivity contribution < 1.29 is 0 Å². The Hall–Kier alpha value is -3.88. The van der Waals surface area contributed by atoms with Crippen LogP contribution in [0, 0.1) is 6.92 Å². The highest BCUT2D eigenvalue weighted by atomic mass is 15.5. The quantitative estimate of drug-likeness (QED) is 0.508. The van der Waals surface area contributed by atoms with Crippen LogP contribution in [0.2, 0.25) is 0 Å². The minimum atomic E-state index is 0.501. The minimum Gasteiger partial charge on any atom is -0.322 e. The van der Waals surface area contributed by atoms with Crippen LogP contribution in [0.4, 0.5) is 11.6 Å². The van der Waals surface area contributed by atoms with E-state index in [1.54, 1.807) is 17.1 Å². The topological polar surface area (TPSA) is 110 Å². The zero-order valence-electron chi connectivity index (χ0n) is 14.5. The Morgan fingerprint density at radius 2 is 2.07 bits per heavy atom. The maximum atomic E-state index is 4.60. The summed E-state index contributed by atoms with van der Waals surface area (Å²) in [6, 6.07) is 12.0. The Kier molecular flexibility index (Phi) is 3.49. The first-order chi connectivity index (χ1) is 13.2. The monoisotopic (exact) mass is 357 g/mol. The van der Waals surface area contributed by atoms with Crippen LogP contribution in [-0.4, -0.2) is 40.1 Å². The number of hydrogen-bond donors (Lipinski definition) is 2. The summed E-state index contributed by atoms with van der Waals surface area (Å²) < 4.78 is 1.74. The maximum absolute atomic E-state index is 4.60. The molecule has 0 bridgehead atoms. The highest BCUT2D eigenvalue weighted by Gasteiger charge is 2.10. The van der Waals surface area contributed by atoms with E-state index in [0.717, 1.165) is 22.2 Å². The number of pyridine rings is 1. The summed E-state index contributed by atoms with van der Waals surface area (Å²) >= 11 is 0. The third-order valence-corrected chi connectivity index (χ3v) is 4.19. The van der Waals surface area contributed by atoms with Crippen molar-refractivity contribution >= 4 is 33.8 Å². The SMILES string of the molecule is Cc1cc(Nc2cnc3nnn(Cc4ccc5ncccc5c4)c3n2)n[nH]1. The molecule has 9 nitrogen and oxygen atoms in total. The van der Waals surface area contributed by atoms with E-state index in [1.807, 2.05) is 37.3 Å². The van der Waals surface area contributed by atoms with Gasteiger partial charge in [0.1, 0.15) is 0 Å². The van der Waals surface area contributed by atoms with Crippen molar-refractivity contribution in [1.29, 1.82) is 0 Å². The van der Waals surface area contributed by atoms with E-state index in [0.29, 0.717) is 29.5 Å². The zero-order chi connectivity index (χ0) is 18.2. The lowest BCUT2D eigenvalue weighted by atomic mass is 10.1. The number of fused-ring (bicyclic) bond motifs is 2. The van der Waals surface area contributed by atoms with Crippen LogP contribution in [-0.2, 0) is 6.54 Å². The lowest BCUT2D eigenvalue weighted by molar-refractivity contribution is 0.664. The number of rotatable bonds is 4. The van der Waals surface area contributed by atoms with Crippen LogP contribution in [0.25, 0.3) is 22.2 Å². The molecule has 5 aromatic rings. The molecular weight excluding hydrogens is 342 g/mol. The Labute approximate surface area is 153 Å². The molecule has 0 aliphatic rings. The molecule has 0 spiro atoms. The summed E-state index contributed by atoms with van der Waals surface area (Å²) in [7, 11) is 0. The standard InChI is InChI=1S/C18H15N9/c1-11-7-15(24-23-11)21-16-9-20-17-18(22-16)27(26-25-17)10-12-4-5-14-13(8-12)3-2-6-19-14/h2-9H,10H2,1H3,(H2,21,22,23,24). The molecule has 5 rings (SSSR count). The molecule has 132 valence electrons. The predicted octanol–water partition coefficient (Wildman–Crippen LogP) is 2.59. The smallest absolute Gasteiger partial charge is 0.221 e. The third-order valence-electron chi connectivity index (χ3n) is 4.19. The Balaban J connectivity index is 1.47. The molecule has 0 atom stereocenters. The second-order valence-corrected chi connectivity index (χ2v) is 6.24. The van der Waals surface area contributed by atoms with Gasteiger partial charge >= 0.3 is 0 Å². The molecule has 2 N–H and O–H groups in total. The van der Waals surface area contributed by atoms with Crippen LogP contribution >= 0.6 is 0 Å². The summed E-state index contributed by atoms with van der Waals surface area (Å²) in [5.41, 5.74) is 4.12. The van der Waals surface area contributed by atoms with Crippen LogP contribution in [0.5, 0.6) is 0 Å². The van der Waals surface area contributed by atoms with Gasteiger partial charge in [-0.15, -0.1) is 5.10 Å². The largest absolute Gasteiger partial charge is 0.322 e. The van der Waals surface area contributed by atoms with E-state index in [4.69, 9.17) is 0 Å². The highest BCUT2D eigenvalue weighted by Crippen LogP contribution is 2.17. The molecule has 0 saturated carbocycles. The van der Waals surface area contributed by atoms with Crippen LogP contribution in [0.1, 0.15) is 11.3 Å². The third kappa shape index (κ3) is 2.95. The van der Waals surface area contributed by atoms with Gasteiger partial charge in [-0.3, -0.25) is 10.1 Å². The molecule has 0 unspecified atom stereocenters. The number of benzene rings is 1. The Morgan fingerprint density at radius 1 is 1.11 bits per heavy atom. The fourth-order valence-electron chi connectivity index (χ4n) is 2.93. The fraction of sp³-hybridized carbons (Fsp3) is 0.111. The van der Waals surface area contributed by atoms with Crippen LogP contribution in [0.3, 0.4) is 0 Å². The number of hydrogen-bond acceptors (Lipinski definition) is 7. The van der Waals surface area contributed by atoms with Crippen molar-refractivity contribution in [3.8, 4) is 0 Å². The van der Waals surface area contributed by atoms with Crippen molar-refractivity contribution in [3.05, 3.63) is 60.0 Å². The van der Waals surface area contributed by atoms with Gasteiger partial charge in [0.25, 0.3) is 0 Å². The average Bonchev–Trinajstić information content (AvgIpc) is 3.28. The van der Waals surface area contributed by atoms with Crippen molar-refractivity contribution in [2.45, 2.75) is 13.5 Å². The maximum Gasteiger partial charge on any atom is 0.221 e. The van der Waals surface area contributed by atoms with E-state index in [2.05, 4.69) is 46.8 Å². The lowest BCUT2D eigenvalue weighted by Crippen LogP contribution is -2.04. The molecule has 4 heterocycles. The van der Waals surface area contributed by atoms with Crippen molar-refractivity contribution in [1.82, 2.24) is 40.1 Å². The molecule has 1 aromatic carbocycles. The van der Waals surface area contributed by atoms with Crippen molar-refractivity contribution in [2.75, 3.05) is 5.32 Å². The van der Waals surface area contributed by atoms with Gasteiger partial charge in [-0.05, 0) is 30.7 Å². The van der Waals surface area contributed by atoms with Gasteiger partial charge in [0.15, 0.2) is 17.3 Å². The zero-order valence-corrected chi connectivity index (χ0v) is 14.5. The number of nitrogens with zero attached hydrogens (tertiary/aromatic N) is 7. The highest BCUT2D eigenvalue weighted by molar-refractivity contribution is 5.79. The second-order valence-electron chi connectivity index (χ2n) is 6.24. The van der Waals surface area contributed by atoms with E-state index in [-0.39, 0.29) is 0 Å². The van der Waals surface area contributed by atoms with Crippen LogP contribution < -0.4 is 5.32 Å². The van der Waals surface area contributed by atoms with Gasteiger partial charge in [-0.2, -0.15) is 5.10 Å². The molecule has 0 fully saturated rings. The van der Waals surface area contributed by atoms with Gasteiger partial charge in [-0.1, -0.05) is 17.3 Å². The van der Waals surface area contributed by atoms with Gasteiger partial charge in [0, 0.05) is 23.3 Å². The summed E-state index contributed by atoms with van der Waals surface area (Å²) in [5, 5.41) is 19.6. The molecule has 9 heteroatoms. The number of aromatic nitrogens is 8. The molecule has 4 aromatic heterocycles. The summed E-state index contributed by atoms with van der Waals surface area (Å²) in [4.78, 5) is 13.3. The van der Waals surface area contributed by atoms with Crippen molar-refractivity contribution in [3.63, 3.8) is 0 Å². The number of nitrogens with one attached hydrogen (secondary N) is 2. The van der Waals surface area contributed by atoms with Crippen molar-refractivity contribution in [2.24, 2.45) is 0 Å². The predicted molar refractivity (Wildman–Crippen MR) is 101 cm³/mol. The normalized spacial score (nSPS) is 11.3. The number of aromatic amines is 1. The molecule has 0 amide bonds. The fourth-order valence-corrected chi connectivity index (χ4v) is 2.93. The second kappa shape index (κ2) is 6.13. The first kappa shape index (κ1) is 15.4. The summed E-state index contributed by atoms with van der Waals surface area (Å²) in [5.74, 6) is 1.27. The molecule has 0 radical (unpaired) electrons. The van der Waals surface area contributed by atoms with Gasteiger partial charge in [0.05, 0.1) is 18.3 Å². The molecule has 0 saturated heterocycles.